The molecule has 6 rings (SSSR count). The summed E-state index contributed by atoms with van der Waals surface area (Å²) in [5.74, 6) is 1.76. The van der Waals surface area contributed by atoms with Gasteiger partial charge >= 0.3 is 0 Å². The van der Waals surface area contributed by atoms with Crippen molar-refractivity contribution >= 4 is 23.8 Å². The van der Waals surface area contributed by atoms with Crippen LogP contribution in [0.2, 0.25) is 0 Å². The fourth-order valence-corrected chi connectivity index (χ4v) is 6.24. The van der Waals surface area contributed by atoms with Crippen molar-refractivity contribution in [1.82, 2.24) is 0 Å². The molecular formula is C55H63N3O2. The molecule has 5 heteroatoms. The molecule has 0 bridgehead atoms. The predicted molar refractivity (Wildman–Crippen MR) is 255 cm³/mol. The number of hydrogen-bond acceptors (Lipinski definition) is 5. The van der Waals surface area contributed by atoms with Gasteiger partial charge in [-0.1, -0.05) is 107 Å². The van der Waals surface area contributed by atoms with Crippen molar-refractivity contribution in [2.75, 3.05) is 13.7 Å². The van der Waals surface area contributed by atoms with Gasteiger partial charge in [-0.15, -0.1) is 0 Å². The van der Waals surface area contributed by atoms with Crippen LogP contribution < -0.4 is 9.47 Å². The first-order chi connectivity index (χ1) is 29.5. The van der Waals surface area contributed by atoms with E-state index in [9.17, 15) is 0 Å². The van der Waals surface area contributed by atoms with E-state index in [1.165, 1.54) is 79.2 Å². The number of aryl methyl sites for hydroxylation is 3. The van der Waals surface area contributed by atoms with Crippen molar-refractivity contribution in [1.29, 1.82) is 5.26 Å². The Hall–Kier alpha value is -6.25. The summed E-state index contributed by atoms with van der Waals surface area (Å²) in [7, 11) is 1.67. The zero-order valence-corrected chi connectivity index (χ0v) is 36.4. The minimum absolute atomic E-state index is 0.692. The van der Waals surface area contributed by atoms with Gasteiger partial charge in [0.25, 0.3) is 0 Å². The Balaban J connectivity index is 0.000000199. The third-order valence-electron chi connectivity index (χ3n) is 9.91. The Morgan fingerprint density at radius 1 is 0.467 bits per heavy atom. The second-order valence-electron chi connectivity index (χ2n) is 14.7. The molecule has 0 saturated heterocycles. The first kappa shape index (κ1) is 46.4. The van der Waals surface area contributed by atoms with E-state index in [-0.39, 0.29) is 0 Å². The molecule has 0 N–H and O–H groups in total. The van der Waals surface area contributed by atoms with Crippen LogP contribution in [-0.2, 0) is 19.3 Å². The van der Waals surface area contributed by atoms with Gasteiger partial charge in [-0.25, -0.2) is 0 Å². The number of nitrogens with zero attached hydrogens (tertiary/aromatic N) is 3. The lowest BCUT2D eigenvalue weighted by Gasteiger charge is -2.04. The van der Waals surface area contributed by atoms with Crippen molar-refractivity contribution in [3.05, 3.63) is 179 Å². The van der Waals surface area contributed by atoms with Crippen LogP contribution in [0.4, 0.5) is 11.4 Å². The molecule has 0 aromatic heterocycles. The zero-order chi connectivity index (χ0) is 42.6. The number of rotatable bonds is 18. The lowest BCUT2D eigenvalue weighted by Crippen LogP contribution is -1.91. The van der Waals surface area contributed by atoms with Crippen LogP contribution in [-0.4, -0.2) is 26.1 Å². The van der Waals surface area contributed by atoms with E-state index < -0.39 is 0 Å². The Morgan fingerprint density at radius 3 is 1.27 bits per heavy atom. The van der Waals surface area contributed by atoms with Gasteiger partial charge in [0.1, 0.15) is 11.5 Å². The maximum absolute atomic E-state index is 8.79. The standard InChI is InChI=1S/C19H23NO.C18H21NO.C18H19N/c1-3-5-6-16-7-11-18(12-8-16)20-15-17-9-13-19(14-10-17)21-4-2;1-3-4-5-15-6-10-17(11-7-15)19-14-16-8-12-18(20-2)13-9-16;1-2-3-4-5-15-6-10-17(11-7-15)18-12-8-16(14-19)9-13-18/h7-15H,3-6H2,1-2H3;6-14H,3-5H2,1-2H3;6-13H,2-5H2,1H3. The molecule has 0 amide bonds. The molecule has 0 aliphatic heterocycles. The van der Waals surface area contributed by atoms with Crippen LogP contribution >= 0.6 is 0 Å². The number of nitriles is 1. The molecule has 0 fully saturated rings. The molecule has 0 unspecified atom stereocenters. The van der Waals surface area contributed by atoms with E-state index in [1.807, 2.05) is 92.1 Å². The average Bonchev–Trinajstić information content (AvgIpc) is 3.31. The van der Waals surface area contributed by atoms with E-state index in [2.05, 4.69) is 110 Å². The van der Waals surface area contributed by atoms with E-state index in [0.29, 0.717) is 12.2 Å². The number of methoxy groups -OCH3 is 1. The Labute approximate surface area is 360 Å². The van der Waals surface area contributed by atoms with Crippen molar-refractivity contribution in [2.45, 2.75) is 91.9 Å². The molecule has 0 aliphatic carbocycles. The Kier molecular flexibility index (Phi) is 21.2. The molecule has 6 aromatic carbocycles. The van der Waals surface area contributed by atoms with Gasteiger partial charge < -0.3 is 9.47 Å². The molecule has 0 aliphatic rings. The monoisotopic (exact) mass is 797 g/mol. The summed E-state index contributed by atoms with van der Waals surface area (Å²) < 4.78 is 10.6. The molecular weight excluding hydrogens is 735 g/mol. The summed E-state index contributed by atoms with van der Waals surface area (Å²) in [6.45, 7) is 9.34. The molecule has 0 radical (unpaired) electrons. The molecule has 6 aromatic rings. The minimum Gasteiger partial charge on any atom is -0.497 e. The fourth-order valence-electron chi connectivity index (χ4n) is 6.24. The molecule has 0 heterocycles. The molecule has 0 atom stereocenters. The second kappa shape index (κ2) is 27.4. The second-order valence-corrected chi connectivity index (χ2v) is 14.7. The highest BCUT2D eigenvalue weighted by atomic mass is 16.5. The molecule has 5 nitrogen and oxygen atoms in total. The lowest BCUT2D eigenvalue weighted by atomic mass is 10.0. The van der Waals surface area contributed by atoms with Crippen LogP contribution in [0.15, 0.2) is 156 Å². The summed E-state index contributed by atoms with van der Waals surface area (Å²) in [5.41, 5.74) is 11.4. The van der Waals surface area contributed by atoms with Crippen molar-refractivity contribution in [3.63, 3.8) is 0 Å². The van der Waals surface area contributed by atoms with Crippen LogP contribution in [0, 0.1) is 11.3 Å². The first-order valence-corrected chi connectivity index (χ1v) is 21.7. The summed E-state index contributed by atoms with van der Waals surface area (Å²) in [6, 6.07) is 51.5. The predicted octanol–water partition coefficient (Wildman–Crippen LogP) is 14.9. The minimum atomic E-state index is 0.692. The highest BCUT2D eigenvalue weighted by Gasteiger charge is 2.00. The van der Waals surface area contributed by atoms with Crippen LogP contribution in [0.3, 0.4) is 0 Å². The molecule has 0 spiro atoms. The topological polar surface area (TPSA) is 67.0 Å². The summed E-state index contributed by atoms with van der Waals surface area (Å²) in [5, 5.41) is 8.79. The average molecular weight is 798 g/mol. The number of hydrogen-bond donors (Lipinski definition) is 0. The van der Waals surface area contributed by atoms with E-state index in [4.69, 9.17) is 14.7 Å². The van der Waals surface area contributed by atoms with Crippen molar-refractivity contribution in [2.24, 2.45) is 9.98 Å². The number of aliphatic imine (C=N–C) groups is 2. The molecule has 310 valence electrons. The van der Waals surface area contributed by atoms with Gasteiger partial charge in [-0.05, 0) is 169 Å². The number of unbranched alkanes of at least 4 members (excludes halogenated alkanes) is 4. The lowest BCUT2D eigenvalue weighted by molar-refractivity contribution is 0.340. The quantitative estimate of drug-likeness (QED) is 0.0642. The van der Waals surface area contributed by atoms with Crippen molar-refractivity contribution in [3.8, 4) is 28.7 Å². The van der Waals surface area contributed by atoms with Gasteiger partial charge in [0.2, 0.25) is 0 Å². The largest absolute Gasteiger partial charge is 0.497 e. The van der Waals surface area contributed by atoms with Gasteiger partial charge in [0.15, 0.2) is 0 Å². The molecule has 0 saturated carbocycles. The third kappa shape index (κ3) is 17.3. The van der Waals surface area contributed by atoms with Crippen molar-refractivity contribution < 1.29 is 9.47 Å². The fraction of sp³-hybridized carbons (Fsp3) is 0.291. The van der Waals surface area contributed by atoms with Gasteiger partial charge in [-0.2, -0.15) is 5.26 Å². The zero-order valence-electron chi connectivity index (χ0n) is 36.4. The van der Waals surface area contributed by atoms with Crippen LogP contribution in [0.25, 0.3) is 11.1 Å². The summed E-state index contributed by atoms with van der Waals surface area (Å²) >= 11 is 0. The normalized spacial score (nSPS) is 10.7. The molecule has 60 heavy (non-hydrogen) atoms. The SMILES string of the molecule is CCCCCc1ccc(-c2ccc(C#N)cc2)cc1.CCCCc1ccc(N=Cc2ccc(OC)cc2)cc1.CCCCc1ccc(N=Cc2ccc(OCC)cc2)cc1. The van der Waals surface area contributed by atoms with Crippen LogP contribution in [0.1, 0.15) is 106 Å². The highest BCUT2D eigenvalue weighted by molar-refractivity contribution is 5.82. The maximum atomic E-state index is 8.79. The van der Waals surface area contributed by atoms with Gasteiger partial charge in [-0.3, -0.25) is 9.98 Å². The summed E-state index contributed by atoms with van der Waals surface area (Å²) in [6.07, 6.45) is 16.0. The van der Waals surface area contributed by atoms with Gasteiger partial charge in [0, 0.05) is 12.4 Å². The van der Waals surface area contributed by atoms with E-state index in [0.717, 1.165) is 46.8 Å². The first-order valence-electron chi connectivity index (χ1n) is 21.7. The Bertz CT molecular complexity index is 2150. The Morgan fingerprint density at radius 2 is 0.867 bits per heavy atom. The maximum Gasteiger partial charge on any atom is 0.119 e. The number of ether oxygens (including phenoxy) is 2. The number of benzene rings is 6. The summed E-state index contributed by atoms with van der Waals surface area (Å²) in [4.78, 5) is 9.00. The highest BCUT2D eigenvalue weighted by Crippen LogP contribution is 2.22. The third-order valence-corrected chi connectivity index (χ3v) is 9.91. The van der Waals surface area contributed by atoms with Gasteiger partial charge in [0.05, 0.1) is 36.7 Å². The van der Waals surface area contributed by atoms with Crippen LogP contribution in [0.5, 0.6) is 11.5 Å². The van der Waals surface area contributed by atoms with E-state index >= 15 is 0 Å². The smallest absolute Gasteiger partial charge is 0.119 e. The van der Waals surface area contributed by atoms with E-state index in [1.54, 1.807) is 7.11 Å².